The van der Waals surface area contributed by atoms with Crippen LogP contribution in [0.5, 0.6) is 0 Å². The van der Waals surface area contributed by atoms with Crippen LogP contribution in [0.15, 0.2) is 30.3 Å². The molecule has 124 valence electrons. The van der Waals surface area contributed by atoms with Crippen molar-refractivity contribution in [2.24, 2.45) is 0 Å². The Morgan fingerprint density at radius 2 is 2.13 bits per heavy atom. The van der Waals surface area contributed by atoms with Crippen LogP contribution in [0, 0.1) is 0 Å². The maximum absolute atomic E-state index is 5.99. The van der Waals surface area contributed by atoms with E-state index in [1.165, 1.54) is 16.8 Å². The third-order valence-electron chi connectivity index (χ3n) is 4.27. The standard InChI is InChI=1S/C19H26N2O2/c1-4-7-15-10-19(17-8-5-6-9-18(17)20-15)21-11-14(2)23-16(12-21)13-22-3/h5-6,8-10,14,16H,4,7,11-13H2,1-3H3. The zero-order chi connectivity index (χ0) is 16.2. The molecule has 2 aromatic rings. The van der Waals surface area contributed by atoms with Crippen LogP contribution >= 0.6 is 0 Å². The largest absolute Gasteiger partial charge is 0.382 e. The Bertz CT molecular complexity index is 659. The molecule has 0 amide bonds. The minimum Gasteiger partial charge on any atom is -0.382 e. The van der Waals surface area contributed by atoms with Gasteiger partial charge in [0.15, 0.2) is 0 Å². The first-order valence-electron chi connectivity index (χ1n) is 8.49. The molecule has 0 saturated carbocycles. The summed E-state index contributed by atoms with van der Waals surface area (Å²) in [4.78, 5) is 7.24. The maximum Gasteiger partial charge on any atom is 0.0987 e. The lowest BCUT2D eigenvalue weighted by atomic mass is 10.1. The van der Waals surface area contributed by atoms with Crippen LogP contribution in [0.1, 0.15) is 26.0 Å². The van der Waals surface area contributed by atoms with Gasteiger partial charge in [-0.05, 0) is 25.5 Å². The Morgan fingerprint density at radius 1 is 1.30 bits per heavy atom. The van der Waals surface area contributed by atoms with Gasteiger partial charge >= 0.3 is 0 Å². The van der Waals surface area contributed by atoms with Gasteiger partial charge in [0.25, 0.3) is 0 Å². The van der Waals surface area contributed by atoms with Gasteiger partial charge in [0.05, 0.1) is 24.3 Å². The summed E-state index contributed by atoms with van der Waals surface area (Å²) in [5.74, 6) is 0. The van der Waals surface area contributed by atoms with Crippen molar-refractivity contribution in [2.45, 2.75) is 38.9 Å². The maximum atomic E-state index is 5.99. The molecule has 0 radical (unpaired) electrons. The molecule has 1 aromatic heterocycles. The molecule has 2 heterocycles. The van der Waals surface area contributed by atoms with E-state index >= 15 is 0 Å². The number of aromatic nitrogens is 1. The minimum absolute atomic E-state index is 0.116. The fraction of sp³-hybridized carbons (Fsp3) is 0.526. The first-order chi connectivity index (χ1) is 11.2. The van der Waals surface area contributed by atoms with Gasteiger partial charge < -0.3 is 14.4 Å². The molecule has 2 atom stereocenters. The number of rotatable bonds is 5. The van der Waals surface area contributed by atoms with E-state index in [-0.39, 0.29) is 12.2 Å². The van der Waals surface area contributed by atoms with Crippen molar-refractivity contribution in [1.29, 1.82) is 0 Å². The number of morpholine rings is 1. The second-order valence-corrected chi connectivity index (χ2v) is 6.33. The van der Waals surface area contributed by atoms with Crippen LogP contribution in [0.4, 0.5) is 5.69 Å². The van der Waals surface area contributed by atoms with Gasteiger partial charge in [-0.3, -0.25) is 4.98 Å². The Morgan fingerprint density at radius 3 is 2.91 bits per heavy atom. The number of para-hydroxylation sites is 1. The second kappa shape index (κ2) is 7.28. The highest BCUT2D eigenvalue weighted by Crippen LogP contribution is 2.29. The topological polar surface area (TPSA) is 34.6 Å². The van der Waals surface area contributed by atoms with Crippen molar-refractivity contribution in [1.82, 2.24) is 4.98 Å². The zero-order valence-electron chi connectivity index (χ0n) is 14.3. The molecular weight excluding hydrogens is 288 g/mol. The molecular formula is C19H26N2O2. The van der Waals surface area contributed by atoms with Crippen LogP contribution in [0.2, 0.25) is 0 Å². The number of aryl methyl sites for hydroxylation is 1. The van der Waals surface area contributed by atoms with E-state index in [1.807, 2.05) is 0 Å². The van der Waals surface area contributed by atoms with Crippen molar-refractivity contribution in [2.75, 3.05) is 31.7 Å². The predicted octanol–water partition coefficient (Wildman–Crippen LogP) is 3.43. The van der Waals surface area contributed by atoms with Crippen molar-refractivity contribution in [3.8, 4) is 0 Å². The van der Waals surface area contributed by atoms with E-state index in [0.29, 0.717) is 6.61 Å². The first-order valence-corrected chi connectivity index (χ1v) is 8.49. The van der Waals surface area contributed by atoms with Gasteiger partial charge in [-0.25, -0.2) is 0 Å². The quantitative estimate of drug-likeness (QED) is 0.847. The van der Waals surface area contributed by atoms with Crippen molar-refractivity contribution in [3.05, 3.63) is 36.0 Å². The summed E-state index contributed by atoms with van der Waals surface area (Å²) in [6, 6.07) is 10.7. The van der Waals surface area contributed by atoms with Gasteiger partial charge in [0, 0.05) is 37.0 Å². The minimum atomic E-state index is 0.116. The number of methoxy groups -OCH3 is 1. The number of anilines is 1. The Labute approximate surface area is 138 Å². The lowest BCUT2D eigenvalue weighted by Crippen LogP contribution is -2.48. The van der Waals surface area contributed by atoms with Crippen LogP contribution in [-0.2, 0) is 15.9 Å². The number of hydrogen-bond acceptors (Lipinski definition) is 4. The molecule has 0 N–H and O–H groups in total. The highest BCUT2D eigenvalue weighted by atomic mass is 16.5. The summed E-state index contributed by atoms with van der Waals surface area (Å²) in [5, 5.41) is 1.22. The Kier molecular flexibility index (Phi) is 5.13. The van der Waals surface area contributed by atoms with Gasteiger partial charge in [-0.1, -0.05) is 31.5 Å². The SMILES string of the molecule is CCCc1cc(N2CC(C)OC(COC)C2)c2ccccc2n1. The highest BCUT2D eigenvalue weighted by molar-refractivity contribution is 5.92. The molecule has 1 aliphatic heterocycles. The molecule has 4 heteroatoms. The number of nitrogens with zero attached hydrogens (tertiary/aromatic N) is 2. The van der Waals surface area contributed by atoms with Crippen molar-refractivity contribution >= 4 is 16.6 Å². The third-order valence-corrected chi connectivity index (χ3v) is 4.27. The summed E-state index contributed by atoms with van der Waals surface area (Å²) in [7, 11) is 1.73. The molecule has 3 rings (SSSR count). The molecule has 1 fully saturated rings. The highest BCUT2D eigenvalue weighted by Gasteiger charge is 2.26. The lowest BCUT2D eigenvalue weighted by molar-refractivity contribution is -0.0510. The van der Waals surface area contributed by atoms with Crippen LogP contribution in [0.25, 0.3) is 10.9 Å². The van der Waals surface area contributed by atoms with E-state index in [9.17, 15) is 0 Å². The smallest absolute Gasteiger partial charge is 0.0987 e. The van der Waals surface area contributed by atoms with Gasteiger partial charge in [0.2, 0.25) is 0 Å². The van der Waals surface area contributed by atoms with E-state index < -0.39 is 0 Å². The van der Waals surface area contributed by atoms with E-state index in [1.54, 1.807) is 7.11 Å². The molecule has 2 unspecified atom stereocenters. The molecule has 1 aromatic carbocycles. The monoisotopic (exact) mass is 314 g/mol. The normalized spacial score (nSPS) is 21.8. The Balaban J connectivity index is 1.99. The number of pyridine rings is 1. The molecule has 0 bridgehead atoms. The summed E-state index contributed by atoms with van der Waals surface area (Å²) in [5.41, 5.74) is 3.52. The van der Waals surface area contributed by atoms with Crippen molar-refractivity contribution in [3.63, 3.8) is 0 Å². The summed E-state index contributed by atoms with van der Waals surface area (Å²) >= 11 is 0. The number of hydrogen-bond donors (Lipinski definition) is 0. The molecule has 1 aliphatic rings. The van der Waals surface area contributed by atoms with E-state index in [4.69, 9.17) is 14.5 Å². The molecule has 0 aliphatic carbocycles. The molecule has 0 spiro atoms. The van der Waals surface area contributed by atoms with Crippen molar-refractivity contribution < 1.29 is 9.47 Å². The third kappa shape index (κ3) is 3.65. The molecule has 23 heavy (non-hydrogen) atoms. The number of ether oxygens (including phenoxy) is 2. The average molecular weight is 314 g/mol. The zero-order valence-corrected chi connectivity index (χ0v) is 14.3. The Hall–Kier alpha value is -1.65. The second-order valence-electron chi connectivity index (χ2n) is 6.33. The summed E-state index contributed by atoms with van der Waals surface area (Å²) < 4.78 is 11.3. The predicted molar refractivity (Wildman–Crippen MR) is 94.2 cm³/mol. The fourth-order valence-corrected chi connectivity index (χ4v) is 3.38. The molecule has 1 saturated heterocycles. The van der Waals surface area contributed by atoms with Gasteiger partial charge in [-0.15, -0.1) is 0 Å². The van der Waals surface area contributed by atoms with Crippen LogP contribution in [0.3, 0.4) is 0 Å². The van der Waals surface area contributed by atoms with Gasteiger partial charge in [0.1, 0.15) is 0 Å². The van der Waals surface area contributed by atoms with Gasteiger partial charge in [-0.2, -0.15) is 0 Å². The summed E-state index contributed by atoms with van der Waals surface area (Å²) in [6.45, 7) is 6.72. The van der Waals surface area contributed by atoms with Crippen LogP contribution in [-0.4, -0.2) is 44.0 Å². The average Bonchev–Trinajstić information content (AvgIpc) is 2.54. The number of fused-ring (bicyclic) bond motifs is 1. The van der Waals surface area contributed by atoms with E-state index in [0.717, 1.165) is 31.4 Å². The van der Waals surface area contributed by atoms with E-state index in [2.05, 4.69) is 49.1 Å². The first kappa shape index (κ1) is 16.2. The lowest BCUT2D eigenvalue weighted by Gasteiger charge is -2.38. The number of benzene rings is 1. The fourth-order valence-electron chi connectivity index (χ4n) is 3.38. The van der Waals surface area contributed by atoms with Crippen LogP contribution < -0.4 is 4.90 Å². The summed E-state index contributed by atoms with van der Waals surface area (Å²) in [6.07, 6.45) is 2.44. The molecule has 4 nitrogen and oxygen atoms in total.